The molecule has 0 spiro atoms. The molecule has 0 bridgehead atoms. The topological polar surface area (TPSA) is 32.3 Å². The Morgan fingerprint density at radius 3 is 2.24 bits per heavy atom. The predicted molar refractivity (Wildman–Crippen MR) is 71.9 cm³/mol. The maximum atomic E-state index is 12.1. The monoisotopic (exact) mass is 240 g/mol. The molecule has 0 aliphatic carbocycles. The lowest BCUT2D eigenvalue weighted by atomic mass is 9.93. The second kappa shape index (κ2) is 5.85. The molecule has 0 aromatic carbocycles. The van der Waals surface area contributed by atoms with E-state index in [0.717, 1.165) is 32.5 Å². The first kappa shape index (κ1) is 14.5. The maximum Gasteiger partial charge on any atom is 0.227 e. The van der Waals surface area contributed by atoms with E-state index in [1.165, 1.54) is 0 Å². The van der Waals surface area contributed by atoms with Crippen LogP contribution in [0, 0.1) is 11.3 Å². The number of rotatable bonds is 3. The van der Waals surface area contributed by atoms with Gasteiger partial charge in [-0.1, -0.05) is 34.6 Å². The second-order valence-corrected chi connectivity index (χ2v) is 6.62. The number of hydrogen-bond donors (Lipinski definition) is 1. The molecule has 1 heterocycles. The highest BCUT2D eigenvalue weighted by Crippen LogP contribution is 2.20. The lowest BCUT2D eigenvalue weighted by molar-refractivity contribution is -0.140. The maximum absolute atomic E-state index is 12.1. The van der Waals surface area contributed by atoms with Crippen molar-refractivity contribution in [2.45, 2.75) is 53.5 Å². The normalized spacial score (nSPS) is 18.8. The third kappa shape index (κ3) is 4.66. The molecule has 1 aliphatic rings. The molecular formula is C14H28N2O. The van der Waals surface area contributed by atoms with Crippen molar-refractivity contribution in [1.82, 2.24) is 10.2 Å². The number of nitrogens with one attached hydrogen (secondary N) is 1. The smallest absolute Gasteiger partial charge is 0.227 e. The number of carbonyl (C=O) groups excluding carboxylic acids is 1. The number of amides is 1. The van der Waals surface area contributed by atoms with Gasteiger partial charge < -0.3 is 10.2 Å². The van der Waals surface area contributed by atoms with Crippen molar-refractivity contribution >= 4 is 5.91 Å². The van der Waals surface area contributed by atoms with Crippen LogP contribution in [-0.2, 0) is 4.79 Å². The highest BCUT2D eigenvalue weighted by molar-refractivity contribution is 5.81. The number of likely N-dealkylation sites (tertiary alicyclic amines) is 1. The zero-order valence-electron chi connectivity index (χ0n) is 12.0. The van der Waals surface area contributed by atoms with Crippen molar-refractivity contribution < 1.29 is 4.79 Å². The number of hydrogen-bond acceptors (Lipinski definition) is 2. The van der Waals surface area contributed by atoms with Crippen LogP contribution in [0.15, 0.2) is 0 Å². The molecule has 0 atom stereocenters. The summed E-state index contributed by atoms with van der Waals surface area (Å²) in [5.41, 5.74) is -0.238. The Bertz CT molecular complexity index is 247. The molecular weight excluding hydrogens is 212 g/mol. The van der Waals surface area contributed by atoms with Gasteiger partial charge in [0.2, 0.25) is 5.91 Å². The van der Waals surface area contributed by atoms with E-state index in [1.807, 2.05) is 25.7 Å². The predicted octanol–water partition coefficient (Wildman–Crippen LogP) is 2.27. The number of nitrogens with zero attached hydrogens (tertiary/aromatic N) is 1. The largest absolute Gasteiger partial charge is 0.342 e. The molecule has 0 aromatic rings. The van der Waals surface area contributed by atoms with Crippen molar-refractivity contribution in [2.75, 3.05) is 19.6 Å². The molecule has 1 amide bonds. The number of carbonyl (C=O) groups is 1. The highest BCUT2D eigenvalue weighted by atomic mass is 16.2. The average Bonchev–Trinajstić information content (AvgIpc) is 2.25. The van der Waals surface area contributed by atoms with Crippen LogP contribution in [0.5, 0.6) is 0 Å². The van der Waals surface area contributed by atoms with Crippen LogP contribution in [0.25, 0.3) is 0 Å². The summed E-state index contributed by atoms with van der Waals surface area (Å²) in [6, 6.07) is 0.599. The van der Waals surface area contributed by atoms with Crippen LogP contribution in [0.2, 0.25) is 0 Å². The molecule has 0 aromatic heterocycles. The molecule has 0 radical (unpaired) electrons. The van der Waals surface area contributed by atoms with Crippen LogP contribution < -0.4 is 5.32 Å². The molecule has 1 rings (SSSR count). The van der Waals surface area contributed by atoms with Gasteiger partial charge in [0.15, 0.2) is 0 Å². The summed E-state index contributed by atoms with van der Waals surface area (Å²) < 4.78 is 0. The number of piperidine rings is 1. The third-order valence-corrected chi connectivity index (χ3v) is 3.24. The minimum Gasteiger partial charge on any atom is -0.342 e. The van der Waals surface area contributed by atoms with E-state index >= 15 is 0 Å². The summed E-state index contributed by atoms with van der Waals surface area (Å²) in [5.74, 6) is 0.990. The summed E-state index contributed by atoms with van der Waals surface area (Å²) in [4.78, 5) is 14.1. The Kier molecular flexibility index (Phi) is 4.99. The van der Waals surface area contributed by atoms with Gasteiger partial charge in [-0.05, 0) is 25.3 Å². The van der Waals surface area contributed by atoms with Gasteiger partial charge >= 0.3 is 0 Å². The van der Waals surface area contributed by atoms with Crippen molar-refractivity contribution in [2.24, 2.45) is 11.3 Å². The first-order valence-electron chi connectivity index (χ1n) is 6.83. The van der Waals surface area contributed by atoms with E-state index in [2.05, 4.69) is 19.2 Å². The minimum absolute atomic E-state index is 0.238. The van der Waals surface area contributed by atoms with E-state index in [4.69, 9.17) is 0 Å². The Morgan fingerprint density at radius 2 is 1.82 bits per heavy atom. The average molecular weight is 240 g/mol. The molecule has 3 heteroatoms. The van der Waals surface area contributed by atoms with Gasteiger partial charge in [-0.15, -0.1) is 0 Å². The zero-order valence-corrected chi connectivity index (χ0v) is 12.0. The fourth-order valence-corrected chi connectivity index (χ4v) is 2.16. The molecule has 1 fully saturated rings. The fourth-order valence-electron chi connectivity index (χ4n) is 2.16. The van der Waals surface area contributed by atoms with Crippen LogP contribution >= 0.6 is 0 Å². The SMILES string of the molecule is CC(C)CNC1CCN(C(=O)C(C)(C)C)CC1. The van der Waals surface area contributed by atoms with Gasteiger partial charge in [0.25, 0.3) is 0 Å². The summed E-state index contributed by atoms with van der Waals surface area (Å²) in [6.07, 6.45) is 2.18. The van der Waals surface area contributed by atoms with Gasteiger partial charge in [-0.2, -0.15) is 0 Å². The molecule has 1 aliphatic heterocycles. The third-order valence-electron chi connectivity index (χ3n) is 3.24. The molecule has 1 saturated heterocycles. The van der Waals surface area contributed by atoms with Gasteiger partial charge in [0, 0.05) is 24.5 Å². The fraction of sp³-hybridized carbons (Fsp3) is 0.929. The Labute approximate surface area is 106 Å². The molecule has 0 saturated carbocycles. The second-order valence-electron chi connectivity index (χ2n) is 6.62. The van der Waals surface area contributed by atoms with Crippen LogP contribution in [0.1, 0.15) is 47.5 Å². The van der Waals surface area contributed by atoms with Crippen LogP contribution in [0.4, 0.5) is 0 Å². The quantitative estimate of drug-likeness (QED) is 0.821. The first-order chi connectivity index (χ1) is 7.80. The van der Waals surface area contributed by atoms with E-state index in [0.29, 0.717) is 17.9 Å². The van der Waals surface area contributed by atoms with Crippen molar-refractivity contribution in [3.05, 3.63) is 0 Å². The Hall–Kier alpha value is -0.570. The standard InChI is InChI=1S/C14H28N2O/c1-11(2)10-15-12-6-8-16(9-7-12)13(17)14(3,4)5/h11-12,15H,6-10H2,1-5H3. The van der Waals surface area contributed by atoms with Crippen molar-refractivity contribution in [3.8, 4) is 0 Å². The lowest BCUT2D eigenvalue weighted by Gasteiger charge is -2.36. The summed E-state index contributed by atoms with van der Waals surface area (Å²) >= 11 is 0. The zero-order chi connectivity index (χ0) is 13.1. The van der Waals surface area contributed by atoms with Gasteiger partial charge in [-0.25, -0.2) is 0 Å². The van der Waals surface area contributed by atoms with Gasteiger partial charge in [-0.3, -0.25) is 4.79 Å². The Morgan fingerprint density at radius 1 is 1.29 bits per heavy atom. The van der Waals surface area contributed by atoms with Crippen molar-refractivity contribution in [3.63, 3.8) is 0 Å². The summed E-state index contributed by atoms with van der Waals surface area (Å²) in [6.45, 7) is 13.3. The molecule has 3 nitrogen and oxygen atoms in total. The van der Waals surface area contributed by atoms with E-state index < -0.39 is 0 Å². The van der Waals surface area contributed by atoms with Gasteiger partial charge in [0.05, 0.1) is 0 Å². The van der Waals surface area contributed by atoms with Crippen molar-refractivity contribution in [1.29, 1.82) is 0 Å². The highest BCUT2D eigenvalue weighted by Gasteiger charge is 2.30. The molecule has 0 unspecified atom stereocenters. The van der Waals surface area contributed by atoms with Crippen LogP contribution in [-0.4, -0.2) is 36.5 Å². The van der Waals surface area contributed by atoms with E-state index in [9.17, 15) is 4.79 Å². The molecule has 100 valence electrons. The summed E-state index contributed by atoms with van der Waals surface area (Å²) in [5, 5.41) is 3.58. The van der Waals surface area contributed by atoms with Gasteiger partial charge in [0.1, 0.15) is 0 Å². The summed E-state index contributed by atoms with van der Waals surface area (Å²) in [7, 11) is 0. The Balaban J connectivity index is 2.33. The molecule has 1 N–H and O–H groups in total. The van der Waals surface area contributed by atoms with E-state index in [-0.39, 0.29) is 5.41 Å². The minimum atomic E-state index is -0.238. The van der Waals surface area contributed by atoms with Crippen LogP contribution in [0.3, 0.4) is 0 Å². The molecule has 17 heavy (non-hydrogen) atoms. The lowest BCUT2D eigenvalue weighted by Crippen LogP contribution is -2.48. The van der Waals surface area contributed by atoms with E-state index in [1.54, 1.807) is 0 Å². The first-order valence-corrected chi connectivity index (χ1v) is 6.83.